The van der Waals surface area contributed by atoms with Crippen LogP contribution in [0.5, 0.6) is 0 Å². The number of hydrogen-bond acceptors (Lipinski definition) is 8. The van der Waals surface area contributed by atoms with Crippen LogP contribution in [0.3, 0.4) is 0 Å². The van der Waals surface area contributed by atoms with Gasteiger partial charge in [-0.05, 0) is 50.2 Å². The molecule has 0 bridgehead atoms. The van der Waals surface area contributed by atoms with Gasteiger partial charge in [0, 0.05) is 23.1 Å². The summed E-state index contributed by atoms with van der Waals surface area (Å²) in [7, 11) is 0. The number of ketones is 1. The molecule has 1 aromatic rings. The lowest BCUT2D eigenvalue weighted by atomic mass is 10.1. The zero-order valence-corrected chi connectivity index (χ0v) is 18.6. The third kappa shape index (κ3) is 6.57. The summed E-state index contributed by atoms with van der Waals surface area (Å²) < 4.78 is 10.3. The van der Waals surface area contributed by atoms with E-state index in [1.54, 1.807) is 18.7 Å². The number of Topliss-reactive ketones (excluding diaryl/α,β-unsaturated/α-hetero) is 1. The van der Waals surface area contributed by atoms with Gasteiger partial charge in [-0.3, -0.25) is 9.59 Å². The van der Waals surface area contributed by atoms with Crippen molar-refractivity contribution < 1.29 is 28.7 Å². The molecule has 0 saturated carbocycles. The number of rotatable bonds is 11. The Morgan fingerprint density at radius 2 is 1.97 bits per heavy atom. The number of hydrogen-bond donors (Lipinski definition) is 1. The average molecular weight is 442 g/mol. The number of fused-ring (bicyclic) bond motifs is 1. The van der Waals surface area contributed by atoms with Crippen LogP contribution in [0.25, 0.3) is 0 Å². The first kappa shape index (κ1) is 23.4. The Kier molecular flexibility index (Phi) is 9.16. The van der Waals surface area contributed by atoms with E-state index in [1.165, 1.54) is 18.3 Å². The Morgan fingerprint density at radius 1 is 1.21 bits per heavy atom. The molecule has 0 aliphatic heterocycles. The fourth-order valence-corrected chi connectivity index (χ4v) is 5.12. The van der Waals surface area contributed by atoms with Gasteiger partial charge >= 0.3 is 11.9 Å². The van der Waals surface area contributed by atoms with Crippen molar-refractivity contribution in [1.29, 1.82) is 0 Å². The van der Waals surface area contributed by atoms with Gasteiger partial charge in [-0.25, -0.2) is 9.59 Å². The topological polar surface area (TPSA) is 98.8 Å². The van der Waals surface area contributed by atoms with E-state index in [0.29, 0.717) is 22.6 Å². The molecule has 2 rings (SSSR count). The van der Waals surface area contributed by atoms with Crippen LogP contribution in [0.1, 0.15) is 52.4 Å². The highest BCUT2D eigenvalue weighted by Gasteiger charge is 2.28. The molecule has 1 aromatic heterocycles. The van der Waals surface area contributed by atoms with E-state index >= 15 is 0 Å². The van der Waals surface area contributed by atoms with Crippen LogP contribution in [-0.4, -0.2) is 54.9 Å². The van der Waals surface area contributed by atoms with Crippen LogP contribution in [0.2, 0.25) is 0 Å². The maximum absolute atomic E-state index is 12.4. The molecule has 0 spiro atoms. The van der Waals surface area contributed by atoms with Gasteiger partial charge < -0.3 is 14.8 Å². The number of amides is 1. The Morgan fingerprint density at radius 3 is 2.62 bits per heavy atom. The van der Waals surface area contributed by atoms with Crippen LogP contribution in [-0.2, 0) is 43.1 Å². The summed E-state index contributed by atoms with van der Waals surface area (Å²) in [6.45, 7) is 2.96. The van der Waals surface area contributed by atoms with Gasteiger partial charge in [0.15, 0.2) is 5.78 Å². The van der Waals surface area contributed by atoms with E-state index in [2.05, 4.69) is 5.32 Å². The van der Waals surface area contributed by atoms with Crippen molar-refractivity contribution in [3.8, 4) is 0 Å². The largest absolute Gasteiger partial charge is 0.462 e. The maximum Gasteiger partial charge on any atom is 0.339 e. The fraction of sp³-hybridized carbons (Fsp3) is 0.600. The quantitative estimate of drug-likeness (QED) is 0.526. The molecule has 1 amide bonds. The van der Waals surface area contributed by atoms with Gasteiger partial charge in [0.05, 0.1) is 12.2 Å². The lowest BCUT2D eigenvalue weighted by Gasteiger charge is -2.16. The summed E-state index contributed by atoms with van der Waals surface area (Å²) in [6, 6.07) is -0.770. The lowest BCUT2D eigenvalue weighted by molar-refractivity contribution is -0.151. The smallest absolute Gasteiger partial charge is 0.339 e. The maximum atomic E-state index is 12.4. The predicted molar refractivity (Wildman–Crippen MR) is 113 cm³/mol. The first-order valence-electron chi connectivity index (χ1n) is 9.62. The molecule has 1 N–H and O–H groups in total. The van der Waals surface area contributed by atoms with E-state index in [9.17, 15) is 19.2 Å². The van der Waals surface area contributed by atoms with E-state index in [1.807, 2.05) is 6.26 Å². The van der Waals surface area contributed by atoms with Crippen molar-refractivity contribution in [2.24, 2.45) is 0 Å². The van der Waals surface area contributed by atoms with Crippen LogP contribution in [0.4, 0.5) is 0 Å². The molecule has 0 saturated heterocycles. The third-order valence-electron chi connectivity index (χ3n) is 4.48. The average Bonchev–Trinajstić information content (AvgIpc) is 3.23. The molecule has 0 unspecified atom stereocenters. The van der Waals surface area contributed by atoms with Crippen molar-refractivity contribution in [3.05, 3.63) is 20.9 Å². The van der Waals surface area contributed by atoms with Gasteiger partial charge in [0.25, 0.3) is 0 Å². The van der Waals surface area contributed by atoms with Gasteiger partial charge in [-0.15, -0.1) is 11.3 Å². The molecule has 0 radical (unpaired) electrons. The zero-order valence-electron chi connectivity index (χ0n) is 17.0. The molecule has 160 valence electrons. The molecular formula is C20H27NO6S2. The monoisotopic (exact) mass is 441 g/mol. The SMILES string of the molecule is CCOC(=O)c1c(CC(=O)COC(=O)[C@H](CCSC)NC(C)=O)sc2c1CCC2. The first-order valence-corrected chi connectivity index (χ1v) is 11.8. The number of nitrogens with one attached hydrogen (secondary N) is 1. The zero-order chi connectivity index (χ0) is 21.4. The Hall–Kier alpha value is -1.87. The van der Waals surface area contributed by atoms with Crippen LogP contribution >= 0.6 is 23.1 Å². The minimum Gasteiger partial charge on any atom is -0.462 e. The van der Waals surface area contributed by atoms with Crippen molar-refractivity contribution >= 4 is 46.7 Å². The number of thiophene rings is 1. The number of esters is 2. The normalized spacial score (nSPS) is 13.5. The highest BCUT2D eigenvalue weighted by atomic mass is 32.2. The van der Waals surface area contributed by atoms with E-state index in [4.69, 9.17) is 9.47 Å². The summed E-state index contributed by atoms with van der Waals surface area (Å²) in [4.78, 5) is 50.1. The van der Waals surface area contributed by atoms with E-state index in [0.717, 1.165) is 29.7 Å². The molecule has 9 heteroatoms. The minimum absolute atomic E-state index is 0.0225. The van der Waals surface area contributed by atoms with Crippen LogP contribution < -0.4 is 5.32 Å². The van der Waals surface area contributed by atoms with Gasteiger partial charge in [0.2, 0.25) is 5.91 Å². The second kappa shape index (κ2) is 11.3. The second-order valence-electron chi connectivity index (χ2n) is 6.73. The van der Waals surface area contributed by atoms with Gasteiger partial charge in [-0.1, -0.05) is 0 Å². The summed E-state index contributed by atoms with van der Waals surface area (Å²) >= 11 is 3.02. The van der Waals surface area contributed by atoms with Gasteiger partial charge in [-0.2, -0.15) is 11.8 Å². The number of ether oxygens (including phenoxy) is 2. The molecule has 29 heavy (non-hydrogen) atoms. The van der Waals surface area contributed by atoms with Gasteiger partial charge in [0.1, 0.15) is 12.6 Å². The molecule has 1 atom stereocenters. The van der Waals surface area contributed by atoms with Crippen molar-refractivity contribution in [3.63, 3.8) is 0 Å². The lowest BCUT2D eigenvalue weighted by Crippen LogP contribution is -2.41. The second-order valence-corrected chi connectivity index (χ2v) is 8.91. The van der Waals surface area contributed by atoms with Crippen molar-refractivity contribution in [2.45, 2.75) is 52.0 Å². The van der Waals surface area contributed by atoms with E-state index in [-0.39, 0.29) is 31.3 Å². The molecule has 0 aromatic carbocycles. The number of carbonyl (C=O) groups excluding carboxylic acids is 4. The summed E-state index contributed by atoms with van der Waals surface area (Å²) in [5.74, 6) is -0.962. The minimum atomic E-state index is -0.770. The first-order chi connectivity index (χ1) is 13.9. The predicted octanol–water partition coefficient (Wildman–Crippen LogP) is 2.33. The number of thioether (sulfide) groups is 1. The highest BCUT2D eigenvalue weighted by molar-refractivity contribution is 7.98. The highest BCUT2D eigenvalue weighted by Crippen LogP contribution is 2.36. The van der Waals surface area contributed by atoms with Crippen LogP contribution in [0, 0.1) is 0 Å². The molecule has 1 aliphatic carbocycles. The Bertz CT molecular complexity index is 773. The molecular weight excluding hydrogens is 414 g/mol. The summed E-state index contributed by atoms with van der Waals surface area (Å²) in [5.41, 5.74) is 1.51. The van der Waals surface area contributed by atoms with Crippen molar-refractivity contribution in [1.82, 2.24) is 5.32 Å². The summed E-state index contributed by atoms with van der Waals surface area (Å²) in [5, 5.41) is 2.55. The molecule has 1 heterocycles. The third-order valence-corrected chi connectivity index (χ3v) is 6.42. The standard InChI is InChI=1S/C20H27NO6S2/c1-4-26-20(25)18-14-6-5-7-16(14)29-17(18)10-13(23)11-27-19(24)15(8-9-28-3)21-12(2)22/h15H,4-11H2,1-3H3,(H,21,22)/t15-/m0/s1. The number of carbonyl (C=O) groups is 4. The number of aryl methyl sites for hydroxylation is 1. The fourth-order valence-electron chi connectivity index (χ4n) is 3.24. The van der Waals surface area contributed by atoms with E-state index < -0.39 is 18.0 Å². The van der Waals surface area contributed by atoms with Crippen molar-refractivity contribution in [2.75, 3.05) is 25.2 Å². The molecule has 7 nitrogen and oxygen atoms in total. The molecule has 1 aliphatic rings. The molecule has 0 fully saturated rings. The Labute approximate surface area is 178 Å². The summed E-state index contributed by atoms with van der Waals surface area (Å²) in [6.07, 6.45) is 5.08. The Balaban J connectivity index is 1.99. The van der Waals surface area contributed by atoms with Crippen LogP contribution in [0.15, 0.2) is 0 Å².